The smallest absolute Gasteiger partial charge is 0.151 e. The Morgan fingerprint density at radius 1 is 1.10 bits per heavy atom. The summed E-state index contributed by atoms with van der Waals surface area (Å²) in [4.78, 5) is 4.12. The number of halogens is 4. The van der Waals surface area contributed by atoms with Gasteiger partial charge in [-0.15, -0.1) is 11.6 Å². The van der Waals surface area contributed by atoms with Crippen LogP contribution in [-0.2, 0) is 5.88 Å². The van der Waals surface area contributed by atoms with Crippen molar-refractivity contribution in [3.63, 3.8) is 0 Å². The van der Waals surface area contributed by atoms with Crippen molar-refractivity contribution in [1.29, 1.82) is 0 Å². The van der Waals surface area contributed by atoms with Crippen molar-refractivity contribution in [2.75, 3.05) is 0 Å². The number of benzene rings is 2. The van der Waals surface area contributed by atoms with Gasteiger partial charge < -0.3 is 0 Å². The standard InChI is InChI=1S/C14H8Cl2F2N2/c15-7-13-19-14-10(18)2-1-3-11(14)20(13)12-6-8(16)4-5-9(12)17/h1-6H,7H2. The van der Waals surface area contributed by atoms with E-state index >= 15 is 0 Å². The summed E-state index contributed by atoms with van der Waals surface area (Å²) >= 11 is 11.7. The summed E-state index contributed by atoms with van der Waals surface area (Å²) in [5.41, 5.74) is 0.797. The van der Waals surface area contributed by atoms with Gasteiger partial charge in [-0.2, -0.15) is 0 Å². The van der Waals surface area contributed by atoms with Crippen LogP contribution in [0, 0.1) is 11.6 Å². The van der Waals surface area contributed by atoms with Gasteiger partial charge in [0.2, 0.25) is 0 Å². The van der Waals surface area contributed by atoms with Gasteiger partial charge in [0.15, 0.2) is 5.82 Å². The minimum atomic E-state index is -0.482. The van der Waals surface area contributed by atoms with Gasteiger partial charge in [-0.3, -0.25) is 4.57 Å². The summed E-state index contributed by atoms with van der Waals surface area (Å²) in [6, 6.07) is 8.64. The average Bonchev–Trinajstić information content (AvgIpc) is 2.81. The molecule has 0 aliphatic rings. The highest BCUT2D eigenvalue weighted by atomic mass is 35.5. The summed E-state index contributed by atoms with van der Waals surface area (Å²) in [6.45, 7) is 0. The lowest BCUT2D eigenvalue weighted by molar-refractivity contribution is 0.618. The molecule has 2 aromatic carbocycles. The first kappa shape index (κ1) is 13.3. The predicted molar refractivity (Wildman–Crippen MR) is 75.6 cm³/mol. The Morgan fingerprint density at radius 3 is 2.65 bits per heavy atom. The lowest BCUT2D eigenvalue weighted by Crippen LogP contribution is -2.02. The van der Waals surface area contributed by atoms with Crippen LogP contribution in [0.25, 0.3) is 16.7 Å². The van der Waals surface area contributed by atoms with E-state index in [0.717, 1.165) is 0 Å². The van der Waals surface area contributed by atoms with E-state index in [-0.39, 0.29) is 17.1 Å². The predicted octanol–water partition coefficient (Wildman–Crippen LogP) is 4.70. The number of alkyl halides is 1. The molecule has 0 aliphatic heterocycles. The van der Waals surface area contributed by atoms with Crippen molar-refractivity contribution < 1.29 is 8.78 Å². The second-order valence-corrected chi connectivity index (χ2v) is 4.90. The van der Waals surface area contributed by atoms with E-state index in [1.165, 1.54) is 34.9 Å². The quantitative estimate of drug-likeness (QED) is 0.627. The van der Waals surface area contributed by atoms with E-state index in [1.54, 1.807) is 6.07 Å². The molecule has 0 bridgehead atoms. The van der Waals surface area contributed by atoms with E-state index in [9.17, 15) is 8.78 Å². The van der Waals surface area contributed by atoms with Crippen LogP contribution in [0.4, 0.5) is 8.78 Å². The normalized spacial score (nSPS) is 11.2. The highest BCUT2D eigenvalue weighted by Crippen LogP contribution is 2.27. The number of hydrogen-bond acceptors (Lipinski definition) is 1. The number of aromatic nitrogens is 2. The van der Waals surface area contributed by atoms with E-state index in [2.05, 4.69) is 4.98 Å². The molecule has 0 unspecified atom stereocenters. The molecule has 0 atom stereocenters. The fraction of sp³-hybridized carbons (Fsp3) is 0.0714. The zero-order valence-corrected chi connectivity index (χ0v) is 11.6. The van der Waals surface area contributed by atoms with Crippen molar-refractivity contribution >= 4 is 34.2 Å². The van der Waals surface area contributed by atoms with Gasteiger partial charge in [0, 0.05) is 5.02 Å². The molecule has 6 heteroatoms. The molecule has 20 heavy (non-hydrogen) atoms. The topological polar surface area (TPSA) is 17.8 Å². The Hall–Kier alpha value is -1.65. The molecule has 102 valence electrons. The minimum absolute atomic E-state index is 0.0279. The number of imidazole rings is 1. The van der Waals surface area contributed by atoms with Gasteiger partial charge in [-0.25, -0.2) is 13.8 Å². The van der Waals surface area contributed by atoms with Crippen LogP contribution in [0.3, 0.4) is 0 Å². The largest absolute Gasteiger partial charge is 0.292 e. The minimum Gasteiger partial charge on any atom is -0.292 e. The van der Waals surface area contributed by atoms with Gasteiger partial charge in [0.1, 0.15) is 17.2 Å². The molecular formula is C14H8Cl2F2N2. The Kier molecular flexibility index (Phi) is 3.36. The summed E-state index contributed by atoms with van der Waals surface area (Å²) < 4.78 is 29.3. The van der Waals surface area contributed by atoms with E-state index < -0.39 is 11.6 Å². The second kappa shape index (κ2) is 5.04. The first-order valence-corrected chi connectivity index (χ1v) is 6.70. The van der Waals surface area contributed by atoms with Crippen molar-refractivity contribution in [2.24, 2.45) is 0 Å². The maximum Gasteiger partial charge on any atom is 0.151 e. The molecule has 0 spiro atoms. The highest BCUT2D eigenvalue weighted by molar-refractivity contribution is 6.30. The third-order valence-corrected chi connectivity index (χ3v) is 3.45. The van der Waals surface area contributed by atoms with Gasteiger partial charge in [-0.1, -0.05) is 17.7 Å². The molecule has 0 saturated carbocycles. The molecule has 3 rings (SSSR count). The molecule has 0 N–H and O–H groups in total. The van der Waals surface area contributed by atoms with Crippen LogP contribution in [-0.4, -0.2) is 9.55 Å². The van der Waals surface area contributed by atoms with E-state index in [0.29, 0.717) is 16.4 Å². The Morgan fingerprint density at radius 2 is 1.90 bits per heavy atom. The molecule has 1 aromatic heterocycles. The van der Waals surface area contributed by atoms with E-state index in [1.807, 2.05) is 0 Å². The monoisotopic (exact) mass is 312 g/mol. The maximum atomic E-state index is 14.0. The zero-order valence-electron chi connectivity index (χ0n) is 10.1. The van der Waals surface area contributed by atoms with Crippen LogP contribution >= 0.6 is 23.2 Å². The molecule has 2 nitrogen and oxygen atoms in total. The number of nitrogens with zero attached hydrogens (tertiary/aromatic N) is 2. The third-order valence-electron chi connectivity index (χ3n) is 2.97. The maximum absolute atomic E-state index is 14.0. The average molecular weight is 313 g/mol. The van der Waals surface area contributed by atoms with Crippen LogP contribution in [0.5, 0.6) is 0 Å². The van der Waals surface area contributed by atoms with Gasteiger partial charge in [0.05, 0.1) is 17.1 Å². The fourth-order valence-electron chi connectivity index (χ4n) is 2.13. The first-order valence-electron chi connectivity index (χ1n) is 5.79. The van der Waals surface area contributed by atoms with Crippen molar-refractivity contribution in [3.8, 4) is 5.69 Å². The van der Waals surface area contributed by atoms with Crippen LogP contribution < -0.4 is 0 Å². The molecule has 0 amide bonds. The Bertz CT molecular complexity index is 799. The number of hydrogen-bond donors (Lipinski definition) is 0. The van der Waals surface area contributed by atoms with Crippen molar-refractivity contribution in [1.82, 2.24) is 9.55 Å². The summed E-state index contributed by atoms with van der Waals surface area (Å²) in [5, 5.41) is 0.375. The molecule has 1 heterocycles. The summed E-state index contributed by atoms with van der Waals surface area (Å²) in [6.07, 6.45) is 0. The molecule has 0 radical (unpaired) electrons. The summed E-state index contributed by atoms with van der Waals surface area (Å²) in [7, 11) is 0. The second-order valence-electron chi connectivity index (χ2n) is 4.20. The van der Waals surface area contributed by atoms with Crippen LogP contribution in [0.1, 0.15) is 5.82 Å². The lowest BCUT2D eigenvalue weighted by Gasteiger charge is -2.09. The van der Waals surface area contributed by atoms with Crippen LogP contribution in [0.15, 0.2) is 36.4 Å². The van der Waals surface area contributed by atoms with Gasteiger partial charge in [-0.05, 0) is 30.3 Å². The van der Waals surface area contributed by atoms with Gasteiger partial charge in [0.25, 0.3) is 0 Å². The Balaban J connectivity index is 2.40. The van der Waals surface area contributed by atoms with Crippen molar-refractivity contribution in [3.05, 3.63) is 58.9 Å². The van der Waals surface area contributed by atoms with E-state index in [4.69, 9.17) is 23.2 Å². The van der Waals surface area contributed by atoms with Crippen LogP contribution in [0.2, 0.25) is 5.02 Å². The molecule has 0 fully saturated rings. The molecule has 0 saturated heterocycles. The third kappa shape index (κ3) is 2.05. The molecular weight excluding hydrogens is 305 g/mol. The fourth-order valence-corrected chi connectivity index (χ4v) is 2.47. The number of rotatable bonds is 2. The number of para-hydroxylation sites is 1. The Labute approximate surface area is 123 Å². The highest BCUT2D eigenvalue weighted by Gasteiger charge is 2.17. The number of fused-ring (bicyclic) bond motifs is 1. The van der Waals surface area contributed by atoms with Gasteiger partial charge >= 0.3 is 0 Å². The first-order chi connectivity index (χ1) is 9.61. The summed E-state index contributed by atoms with van der Waals surface area (Å²) in [5.74, 6) is -0.576. The molecule has 3 aromatic rings. The zero-order chi connectivity index (χ0) is 14.3. The van der Waals surface area contributed by atoms with Crippen molar-refractivity contribution in [2.45, 2.75) is 5.88 Å². The SMILES string of the molecule is Fc1ccc(Cl)cc1-n1c(CCl)nc2c(F)cccc21. The molecule has 0 aliphatic carbocycles. The lowest BCUT2D eigenvalue weighted by atomic mass is 10.2.